The predicted molar refractivity (Wildman–Crippen MR) is 56.0 cm³/mol. The molecule has 0 aliphatic carbocycles. The Labute approximate surface area is 78.5 Å². The maximum atomic E-state index is 2.85. The Morgan fingerprint density at radius 3 is 1.53 bits per heavy atom. The van der Waals surface area contributed by atoms with E-state index in [0.717, 1.165) is 8.02 Å². The Kier molecular flexibility index (Phi) is 0.136. The van der Waals surface area contributed by atoms with Crippen molar-refractivity contribution in [3.63, 3.8) is 0 Å². The Bertz CT molecular complexity index is 995. The van der Waals surface area contributed by atoms with E-state index in [2.05, 4.69) is 20.8 Å². The number of hydrogen-bond donors (Lipinski definition) is 0. The van der Waals surface area contributed by atoms with Crippen LogP contribution in [0.1, 0.15) is 27.2 Å². The van der Waals surface area contributed by atoms with Crippen molar-refractivity contribution in [2.75, 3.05) is 0 Å². The minimum absolute atomic E-state index is 1.14. The molecule has 15 heavy (non-hydrogen) atoms. The van der Waals surface area contributed by atoms with Crippen LogP contribution in [0.4, 0.5) is 0 Å². The molecule has 0 aromatic heterocycles. The van der Waals surface area contributed by atoms with Gasteiger partial charge in [0.1, 0.15) is 0 Å². The van der Waals surface area contributed by atoms with Crippen LogP contribution in [0, 0.1) is 0 Å². The fraction of sp³-hybridized carbons (Fsp3) is 1.00. The van der Waals surface area contributed by atoms with Gasteiger partial charge in [-0.05, 0) is 0 Å². The van der Waals surface area contributed by atoms with E-state index >= 15 is 0 Å². The molecule has 10 aliphatic heterocycles. The molecule has 0 N–H and O–H groups in total. The Hall–Kier alpha value is 0.623. The van der Waals surface area contributed by atoms with Gasteiger partial charge in [0.2, 0.25) is 0 Å². The van der Waals surface area contributed by atoms with Gasteiger partial charge in [0.15, 0.2) is 0 Å². The van der Waals surface area contributed by atoms with Crippen LogP contribution in [0.15, 0.2) is 0 Å². The SMILES string of the molecule is CC[C]12[CH]3[CH]4[CH]5[CH]1[Ru]45321678[CH]2[CH]1[C]6(C)[CH]7[C]28C. The molecule has 10 fully saturated rings. The molecule has 10 saturated heterocycles. The van der Waals surface area contributed by atoms with Crippen LogP contribution in [0.2, 0.25) is 43.6 Å². The Balaban J connectivity index is 1.96. The van der Waals surface area contributed by atoms with Crippen molar-refractivity contribution in [1.82, 2.24) is 0 Å². The molecule has 0 aromatic carbocycles. The zero-order valence-electron chi connectivity index (χ0n) is 9.60. The van der Waals surface area contributed by atoms with Gasteiger partial charge in [0.25, 0.3) is 0 Å². The molecule has 0 bridgehead atoms. The second-order valence-electron chi connectivity index (χ2n) is 11.1. The van der Waals surface area contributed by atoms with Crippen molar-refractivity contribution in [2.45, 2.75) is 70.8 Å². The van der Waals surface area contributed by atoms with Crippen molar-refractivity contribution in [2.24, 2.45) is 0 Å². The maximum absolute atomic E-state index is 3.12. The normalized spacial score (nSPS) is 144. The van der Waals surface area contributed by atoms with E-state index in [4.69, 9.17) is 0 Å². The third-order valence-corrected chi connectivity index (χ3v) is 90.8. The average Bonchev–Trinajstić information content (AvgIpc) is 3.14. The molecule has 82 valence electrons. The van der Waals surface area contributed by atoms with E-state index < -0.39 is 7.72 Å². The second-order valence-corrected chi connectivity index (χ2v) is 48.2. The standard InChI is InChI=1S/2C7H9.Ru/c1-6-3-4-7(2)5-6;1-2-7-5-3-4-6-7;/h3-5H,1-2H3;3-6H,2H2,1H3;. The van der Waals surface area contributed by atoms with Gasteiger partial charge >= 0.3 is 78.5 Å². The summed E-state index contributed by atoms with van der Waals surface area (Å²) in [4.78, 5) is 0. The van der Waals surface area contributed by atoms with E-state index in [1.807, 2.05) is 0 Å². The average molecular weight is 287 g/mol. The molecule has 0 nitrogen and oxygen atoms in total. The van der Waals surface area contributed by atoms with Gasteiger partial charge in [-0.1, -0.05) is 0 Å². The van der Waals surface area contributed by atoms with Crippen LogP contribution in [-0.2, 0) is 7.72 Å². The zero-order chi connectivity index (χ0) is 9.56. The van der Waals surface area contributed by atoms with Crippen LogP contribution in [0.25, 0.3) is 0 Å². The Morgan fingerprint density at radius 2 is 1.47 bits per heavy atom. The summed E-state index contributed by atoms with van der Waals surface area (Å²) in [7, 11) is -3.12. The Morgan fingerprint density at radius 1 is 0.933 bits per heavy atom. The summed E-state index contributed by atoms with van der Waals surface area (Å²) in [5.41, 5.74) is 0. The quantitative estimate of drug-likeness (QED) is 0.599. The molecule has 1 heteroatoms. The first-order valence-electron chi connectivity index (χ1n) is 7.09. The molecule has 1 spiro atoms. The molecule has 0 amide bonds. The number of fused-ring (bicyclic) bond motifs is 10. The summed E-state index contributed by atoms with van der Waals surface area (Å²) in [6.07, 6.45) is 1.66. The number of hydrogen-bond acceptors (Lipinski definition) is 0. The molecule has 10 rings (SSSR count). The topological polar surface area (TPSA) is 0 Å². The first kappa shape index (κ1) is 5.51. The summed E-state index contributed by atoms with van der Waals surface area (Å²) in [5, 5.41) is 0. The fourth-order valence-electron chi connectivity index (χ4n) is 20.7. The van der Waals surface area contributed by atoms with Crippen molar-refractivity contribution in [3.05, 3.63) is 0 Å². The van der Waals surface area contributed by atoms with Crippen LogP contribution in [-0.4, -0.2) is 0 Å². The summed E-state index contributed by atoms with van der Waals surface area (Å²) < 4.78 is 14.0. The van der Waals surface area contributed by atoms with Crippen LogP contribution < -0.4 is 0 Å². The summed E-state index contributed by atoms with van der Waals surface area (Å²) in [6.45, 7) is 8.30. The van der Waals surface area contributed by atoms with Crippen molar-refractivity contribution >= 4 is 0 Å². The number of rotatable bonds is 1. The van der Waals surface area contributed by atoms with E-state index in [-0.39, 0.29) is 0 Å². The van der Waals surface area contributed by atoms with Gasteiger partial charge in [-0.25, -0.2) is 0 Å². The molecule has 10 heterocycles. The van der Waals surface area contributed by atoms with Gasteiger partial charge in [-0.2, -0.15) is 0 Å². The summed E-state index contributed by atoms with van der Waals surface area (Å²) >= 11 is 0. The predicted octanol–water partition coefficient (Wildman–Crippen LogP) is 4.94. The van der Waals surface area contributed by atoms with E-state index in [1.165, 1.54) is 35.6 Å². The monoisotopic (exact) mass is 288 g/mol. The van der Waals surface area contributed by atoms with Gasteiger partial charge in [-0.3, -0.25) is 0 Å². The van der Waals surface area contributed by atoms with Gasteiger partial charge in [0.05, 0.1) is 0 Å². The van der Waals surface area contributed by atoms with Gasteiger partial charge in [-0.15, -0.1) is 0 Å². The molecule has 8 atom stereocenters. The van der Waals surface area contributed by atoms with Crippen molar-refractivity contribution < 1.29 is 7.72 Å². The van der Waals surface area contributed by atoms with Gasteiger partial charge in [0, 0.05) is 0 Å². The third-order valence-electron chi connectivity index (χ3n) is 17.2. The molecule has 10 aliphatic rings. The van der Waals surface area contributed by atoms with Crippen LogP contribution >= 0.6 is 0 Å². The van der Waals surface area contributed by atoms with Gasteiger partial charge < -0.3 is 0 Å². The first-order valence-corrected chi connectivity index (χ1v) is 16.7. The zero-order valence-corrected chi connectivity index (χ0v) is 11.3. The molecule has 8 unspecified atom stereocenters. The fourth-order valence-corrected chi connectivity index (χ4v) is 165. The summed E-state index contributed by atoms with van der Waals surface area (Å²) in [6, 6.07) is 0. The molecular formula is C14H18Ru. The van der Waals surface area contributed by atoms with Crippen LogP contribution in [0.5, 0.6) is 0 Å². The third kappa shape index (κ3) is 0.0396. The molecule has 0 aromatic rings. The minimum atomic E-state index is -3.12. The summed E-state index contributed by atoms with van der Waals surface area (Å²) in [5.74, 6) is 0. The molecule has 0 saturated carbocycles. The second kappa shape index (κ2) is 0.370. The van der Waals surface area contributed by atoms with E-state index in [1.54, 1.807) is 6.42 Å². The van der Waals surface area contributed by atoms with Crippen LogP contribution in [0.3, 0.4) is 0 Å². The van der Waals surface area contributed by atoms with E-state index in [9.17, 15) is 0 Å². The molecule has 0 radical (unpaired) electrons. The first-order chi connectivity index (χ1) is 6.88. The van der Waals surface area contributed by atoms with Crippen molar-refractivity contribution in [3.8, 4) is 0 Å². The van der Waals surface area contributed by atoms with Crippen molar-refractivity contribution in [1.29, 1.82) is 0 Å². The van der Waals surface area contributed by atoms with E-state index in [0.29, 0.717) is 0 Å². The molecular weight excluding hydrogens is 269 g/mol.